The molecule has 2 N–H and O–H groups in total. The third-order valence-electron chi connectivity index (χ3n) is 3.70. The van der Waals surface area contributed by atoms with Crippen LogP contribution in [0.4, 0.5) is 4.39 Å². The van der Waals surface area contributed by atoms with Crippen LogP contribution >= 0.6 is 0 Å². The van der Waals surface area contributed by atoms with Gasteiger partial charge in [-0.3, -0.25) is 0 Å². The molecule has 0 saturated carbocycles. The zero-order chi connectivity index (χ0) is 14.3. The van der Waals surface area contributed by atoms with Crippen LogP contribution in [-0.4, -0.2) is 23.8 Å². The number of nitrogens with one attached hydrogen (secondary N) is 1. The smallest absolute Gasteiger partial charge is 0.123 e. The highest BCUT2D eigenvalue weighted by Crippen LogP contribution is 2.13. The Kier molecular flexibility index (Phi) is 7.03. The number of hydrogen-bond acceptors (Lipinski definition) is 2. The van der Waals surface area contributed by atoms with Crippen LogP contribution in [0.2, 0.25) is 0 Å². The Morgan fingerprint density at radius 1 is 1.26 bits per heavy atom. The Morgan fingerprint density at radius 3 is 2.53 bits per heavy atom. The minimum Gasteiger partial charge on any atom is -0.392 e. The number of halogens is 1. The predicted octanol–water partition coefficient (Wildman–Crippen LogP) is 3.14. The first-order valence-corrected chi connectivity index (χ1v) is 7.22. The van der Waals surface area contributed by atoms with Crippen molar-refractivity contribution in [3.8, 4) is 0 Å². The molecule has 2 atom stereocenters. The van der Waals surface area contributed by atoms with Gasteiger partial charge in [0.2, 0.25) is 0 Å². The van der Waals surface area contributed by atoms with Crippen LogP contribution in [0.3, 0.4) is 0 Å². The molecule has 108 valence electrons. The van der Waals surface area contributed by atoms with Crippen LogP contribution < -0.4 is 5.32 Å². The maximum Gasteiger partial charge on any atom is 0.123 e. The van der Waals surface area contributed by atoms with Gasteiger partial charge in [0.05, 0.1) is 6.10 Å². The summed E-state index contributed by atoms with van der Waals surface area (Å²) in [4.78, 5) is 0. The van der Waals surface area contributed by atoms with Crippen molar-refractivity contribution >= 4 is 0 Å². The van der Waals surface area contributed by atoms with Crippen molar-refractivity contribution in [2.45, 2.75) is 52.2 Å². The summed E-state index contributed by atoms with van der Waals surface area (Å²) < 4.78 is 13.1. The summed E-state index contributed by atoms with van der Waals surface area (Å²) in [6.45, 7) is 6.87. The van der Waals surface area contributed by atoms with E-state index in [1.165, 1.54) is 6.07 Å². The Balaban J connectivity index is 2.37. The molecule has 0 aliphatic carbocycles. The number of hydrogen-bond donors (Lipinski definition) is 2. The van der Waals surface area contributed by atoms with Gasteiger partial charge in [-0.2, -0.15) is 0 Å². The third-order valence-corrected chi connectivity index (χ3v) is 3.70. The van der Waals surface area contributed by atoms with Gasteiger partial charge in [-0.05, 0) is 37.0 Å². The highest BCUT2D eigenvalue weighted by molar-refractivity contribution is 5.17. The van der Waals surface area contributed by atoms with E-state index in [1.54, 1.807) is 12.1 Å². The lowest BCUT2D eigenvalue weighted by atomic mass is 9.96. The second-order valence-corrected chi connectivity index (χ2v) is 5.29. The van der Waals surface area contributed by atoms with Crippen LogP contribution in [0.1, 0.15) is 39.2 Å². The Hall–Kier alpha value is -0.930. The molecule has 0 radical (unpaired) electrons. The molecular weight excluding hydrogens is 241 g/mol. The van der Waals surface area contributed by atoms with Crippen molar-refractivity contribution in [3.05, 3.63) is 35.6 Å². The monoisotopic (exact) mass is 267 g/mol. The molecule has 19 heavy (non-hydrogen) atoms. The first-order chi connectivity index (χ1) is 9.06. The largest absolute Gasteiger partial charge is 0.392 e. The normalized spacial score (nSPS) is 14.6. The highest BCUT2D eigenvalue weighted by Gasteiger charge is 2.16. The Morgan fingerprint density at radius 2 is 1.95 bits per heavy atom. The fourth-order valence-electron chi connectivity index (χ4n) is 2.41. The van der Waals surface area contributed by atoms with E-state index in [-0.39, 0.29) is 18.0 Å². The van der Waals surface area contributed by atoms with Crippen LogP contribution in [-0.2, 0) is 6.42 Å². The molecule has 0 fully saturated rings. The van der Waals surface area contributed by atoms with Crippen molar-refractivity contribution in [3.63, 3.8) is 0 Å². The number of aliphatic hydroxyl groups is 1. The fraction of sp³-hybridized carbons (Fsp3) is 0.625. The van der Waals surface area contributed by atoms with Gasteiger partial charge < -0.3 is 10.4 Å². The van der Waals surface area contributed by atoms with E-state index in [1.807, 2.05) is 6.07 Å². The topological polar surface area (TPSA) is 32.3 Å². The van der Waals surface area contributed by atoms with E-state index in [0.29, 0.717) is 12.5 Å². The zero-order valence-electron chi connectivity index (χ0n) is 12.2. The minimum atomic E-state index is -0.301. The summed E-state index contributed by atoms with van der Waals surface area (Å²) in [5.41, 5.74) is 0.983. The average Bonchev–Trinajstić information content (AvgIpc) is 2.38. The summed E-state index contributed by atoms with van der Waals surface area (Å²) in [5, 5.41) is 13.4. The van der Waals surface area contributed by atoms with E-state index in [4.69, 9.17) is 0 Å². The third kappa shape index (κ3) is 5.70. The van der Waals surface area contributed by atoms with Crippen LogP contribution in [0.5, 0.6) is 0 Å². The molecule has 0 aliphatic heterocycles. The lowest BCUT2D eigenvalue weighted by Gasteiger charge is -2.23. The van der Waals surface area contributed by atoms with E-state index >= 15 is 0 Å². The van der Waals surface area contributed by atoms with Crippen LogP contribution in [0, 0.1) is 11.7 Å². The molecule has 2 unspecified atom stereocenters. The van der Waals surface area contributed by atoms with Crippen molar-refractivity contribution < 1.29 is 9.50 Å². The van der Waals surface area contributed by atoms with E-state index in [0.717, 1.165) is 24.8 Å². The predicted molar refractivity (Wildman–Crippen MR) is 77.6 cm³/mol. The number of benzene rings is 1. The zero-order valence-corrected chi connectivity index (χ0v) is 12.2. The summed E-state index contributed by atoms with van der Waals surface area (Å²) in [7, 11) is 0. The SMILES string of the molecule is CCC(CC)C(O)CNC(C)Cc1cccc(F)c1. The summed E-state index contributed by atoms with van der Waals surface area (Å²) in [6.07, 6.45) is 2.47. The maximum absolute atomic E-state index is 13.1. The molecule has 2 nitrogen and oxygen atoms in total. The second kappa shape index (κ2) is 8.28. The van der Waals surface area contributed by atoms with Crippen molar-refractivity contribution in [2.24, 2.45) is 5.92 Å². The first-order valence-electron chi connectivity index (χ1n) is 7.22. The fourth-order valence-corrected chi connectivity index (χ4v) is 2.41. The van der Waals surface area contributed by atoms with Gasteiger partial charge in [0.25, 0.3) is 0 Å². The average molecular weight is 267 g/mol. The molecule has 0 aromatic heterocycles. The highest BCUT2D eigenvalue weighted by atomic mass is 19.1. The quantitative estimate of drug-likeness (QED) is 0.758. The van der Waals surface area contributed by atoms with Crippen molar-refractivity contribution in [1.82, 2.24) is 5.32 Å². The molecule has 1 rings (SSSR count). The van der Waals surface area contributed by atoms with E-state index < -0.39 is 0 Å². The maximum atomic E-state index is 13.1. The van der Waals surface area contributed by atoms with Gasteiger partial charge in [-0.15, -0.1) is 0 Å². The Bertz CT molecular complexity index is 366. The molecule has 0 saturated heterocycles. The second-order valence-electron chi connectivity index (χ2n) is 5.29. The van der Waals surface area contributed by atoms with Crippen LogP contribution in [0.25, 0.3) is 0 Å². The van der Waals surface area contributed by atoms with Gasteiger partial charge in [-0.1, -0.05) is 38.8 Å². The molecule has 0 spiro atoms. The van der Waals surface area contributed by atoms with Gasteiger partial charge in [0.15, 0.2) is 0 Å². The lowest BCUT2D eigenvalue weighted by Crippen LogP contribution is -2.38. The molecule has 1 aromatic rings. The van der Waals surface area contributed by atoms with Gasteiger partial charge in [-0.25, -0.2) is 4.39 Å². The first kappa shape index (κ1) is 16.1. The summed E-state index contributed by atoms with van der Waals surface area (Å²) in [6, 6.07) is 6.91. The minimum absolute atomic E-state index is 0.193. The van der Waals surface area contributed by atoms with Crippen molar-refractivity contribution in [2.75, 3.05) is 6.54 Å². The standard InChI is InChI=1S/C16H26FNO/c1-4-14(5-2)16(19)11-18-12(3)9-13-7-6-8-15(17)10-13/h6-8,10,12,14,16,18-19H,4-5,9,11H2,1-3H3. The van der Waals surface area contributed by atoms with Crippen LogP contribution in [0.15, 0.2) is 24.3 Å². The van der Waals surface area contributed by atoms with E-state index in [2.05, 4.69) is 26.1 Å². The van der Waals surface area contributed by atoms with Gasteiger partial charge in [0.1, 0.15) is 5.82 Å². The summed E-state index contributed by atoms with van der Waals surface area (Å²) in [5.74, 6) is 0.163. The molecule has 0 amide bonds. The molecule has 0 aliphatic rings. The van der Waals surface area contributed by atoms with E-state index in [9.17, 15) is 9.50 Å². The summed E-state index contributed by atoms with van der Waals surface area (Å²) >= 11 is 0. The van der Waals surface area contributed by atoms with Crippen molar-refractivity contribution in [1.29, 1.82) is 0 Å². The van der Waals surface area contributed by atoms with Gasteiger partial charge in [0, 0.05) is 12.6 Å². The molecule has 3 heteroatoms. The molecule has 1 aromatic carbocycles. The number of aliphatic hydroxyl groups excluding tert-OH is 1. The molecular formula is C16H26FNO. The lowest BCUT2D eigenvalue weighted by molar-refractivity contribution is 0.0988. The molecule has 0 heterocycles. The van der Waals surface area contributed by atoms with Gasteiger partial charge >= 0.3 is 0 Å². The molecule has 0 bridgehead atoms. The Labute approximate surface area is 116 Å². The number of rotatable bonds is 8.